The standard InChI is InChI=1S/C12H16O4/c1-3-8(13)15-10-9-6-4-12(10,2)5-7(6)11(14)16-9/h6-7,9-10H,3-5H2,1-2H3. The van der Waals surface area contributed by atoms with Crippen LogP contribution in [0.4, 0.5) is 0 Å². The van der Waals surface area contributed by atoms with Crippen molar-refractivity contribution in [3.8, 4) is 0 Å². The second kappa shape index (κ2) is 2.99. The van der Waals surface area contributed by atoms with Gasteiger partial charge in [0.25, 0.3) is 0 Å². The fourth-order valence-electron chi connectivity index (χ4n) is 3.68. The van der Waals surface area contributed by atoms with Gasteiger partial charge in [-0.25, -0.2) is 0 Å². The molecule has 16 heavy (non-hydrogen) atoms. The van der Waals surface area contributed by atoms with Crippen molar-refractivity contribution in [3.05, 3.63) is 0 Å². The molecule has 4 heteroatoms. The lowest BCUT2D eigenvalue weighted by molar-refractivity contribution is -0.165. The minimum Gasteiger partial charge on any atom is -0.458 e. The Bertz CT molecular complexity index is 364. The number of hydrogen-bond acceptors (Lipinski definition) is 4. The van der Waals surface area contributed by atoms with E-state index in [1.54, 1.807) is 6.92 Å². The molecule has 2 aliphatic carbocycles. The van der Waals surface area contributed by atoms with Gasteiger partial charge in [-0.05, 0) is 12.8 Å². The molecule has 4 nitrogen and oxygen atoms in total. The number of esters is 2. The molecule has 2 bridgehead atoms. The summed E-state index contributed by atoms with van der Waals surface area (Å²) in [5, 5.41) is 0. The van der Waals surface area contributed by atoms with Crippen LogP contribution in [0.3, 0.4) is 0 Å². The SMILES string of the molecule is CCC(=O)OC1C2OC(=O)C3CC1(C)CC32. The van der Waals surface area contributed by atoms with Crippen LogP contribution in [0.1, 0.15) is 33.1 Å². The first-order valence-electron chi connectivity index (χ1n) is 5.95. The molecule has 3 fully saturated rings. The van der Waals surface area contributed by atoms with Crippen LogP contribution >= 0.6 is 0 Å². The molecule has 3 rings (SSSR count). The summed E-state index contributed by atoms with van der Waals surface area (Å²) in [7, 11) is 0. The summed E-state index contributed by atoms with van der Waals surface area (Å²) in [5.74, 6) is 0.0609. The predicted molar refractivity (Wildman–Crippen MR) is 54.4 cm³/mol. The largest absolute Gasteiger partial charge is 0.458 e. The van der Waals surface area contributed by atoms with Gasteiger partial charge in [-0.15, -0.1) is 0 Å². The van der Waals surface area contributed by atoms with E-state index in [9.17, 15) is 9.59 Å². The molecule has 0 radical (unpaired) electrons. The molecule has 0 N–H and O–H groups in total. The maximum Gasteiger partial charge on any atom is 0.309 e. The fourth-order valence-corrected chi connectivity index (χ4v) is 3.68. The maximum absolute atomic E-state index is 11.6. The van der Waals surface area contributed by atoms with Crippen molar-refractivity contribution in [2.24, 2.45) is 17.3 Å². The van der Waals surface area contributed by atoms with Gasteiger partial charge >= 0.3 is 11.9 Å². The summed E-state index contributed by atoms with van der Waals surface area (Å²) in [5.41, 5.74) is -0.0447. The molecule has 1 heterocycles. The van der Waals surface area contributed by atoms with Gasteiger partial charge in [-0.2, -0.15) is 0 Å². The first kappa shape index (κ1) is 10.1. The molecule has 1 aliphatic heterocycles. The molecule has 0 aromatic heterocycles. The van der Waals surface area contributed by atoms with Gasteiger partial charge in [0.1, 0.15) is 12.2 Å². The molecular weight excluding hydrogens is 208 g/mol. The van der Waals surface area contributed by atoms with Crippen LogP contribution in [0.25, 0.3) is 0 Å². The predicted octanol–water partition coefficient (Wildman–Crippen LogP) is 1.28. The fraction of sp³-hybridized carbons (Fsp3) is 0.833. The van der Waals surface area contributed by atoms with E-state index in [-0.39, 0.29) is 41.4 Å². The molecular formula is C12H16O4. The maximum atomic E-state index is 11.6. The lowest BCUT2D eigenvalue weighted by Gasteiger charge is -2.32. The van der Waals surface area contributed by atoms with Crippen molar-refractivity contribution in [2.75, 3.05) is 0 Å². The van der Waals surface area contributed by atoms with Gasteiger partial charge in [0.2, 0.25) is 0 Å². The van der Waals surface area contributed by atoms with Gasteiger partial charge in [0.15, 0.2) is 0 Å². The minimum absolute atomic E-state index is 0.0447. The second-order valence-electron chi connectivity index (χ2n) is 5.50. The summed E-state index contributed by atoms with van der Waals surface area (Å²) < 4.78 is 10.8. The molecule has 1 saturated heterocycles. The Kier molecular flexibility index (Phi) is 1.89. The number of ether oxygens (including phenoxy) is 2. The van der Waals surface area contributed by atoms with Crippen LogP contribution in [0.5, 0.6) is 0 Å². The Hall–Kier alpha value is -1.06. The molecule has 0 amide bonds. The van der Waals surface area contributed by atoms with Crippen LogP contribution in [0.15, 0.2) is 0 Å². The van der Waals surface area contributed by atoms with E-state index in [0.717, 1.165) is 12.8 Å². The summed E-state index contributed by atoms with van der Waals surface area (Å²) in [4.78, 5) is 23.0. The van der Waals surface area contributed by atoms with Crippen molar-refractivity contribution < 1.29 is 19.1 Å². The molecule has 5 unspecified atom stereocenters. The zero-order valence-electron chi connectivity index (χ0n) is 9.56. The van der Waals surface area contributed by atoms with Gasteiger partial charge < -0.3 is 9.47 Å². The van der Waals surface area contributed by atoms with E-state index in [2.05, 4.69) is 6.92 Å². The number of rotatable bonds is 2. The molecule has 3 aliphatic rings. The highest BCUT2D eigenvalue weighted by molar-refractivity contribution is 5.77. The van der Waals surface area contributed by atoms with E-state index in [1.165, 1.54) is 0 Å². The third kappa shape index (κ3) is 1.10. The molecule has 0 spiro atoms. The Morgan fingerprint density at radius 3 is 3.00 bits per heavy atom. The van der Waals surface area contributed by atoms with Gasteiger partial charge in [0, 0.05) is 17.8 Å². The summed E-state index contributed by atoms with van der Waals surface area (Å²) in [6.07, 6.45) is 1.76. The highest BCUT2D eigenvalue weighted by Crippen LogP contribution is 2.62. The number of carbonyl (C=O) groups is 2. The van der Waals surface area contributed by atoms with E-state index in [0.29, 0.717) is 6.42 Å². The van der Waals surface area contributed by atoms with Crippen LogP contribution in [-0.4, -0.2) is 24.1 Å². The highest BCUT2D eigenvalue weighted by atomic mass is 16.6. The number of hydrogen-bond donors (Lipinski definition) is 0. The lowest BCUT2D eigenvalue weighted by atomic mass is 9.79. The summed E-state index contributed by atoms with van der Waals surface area (Å²) in [6, 6.07) is 0. The van der Waals surface area contributed by atoms with E-state index >= 15 is 0 Å². The van der Waals surface area contributed by atoms with Gasteiger partial charge in [-0.1, -0.05) is 13.8 Å². The first-order valence-corrected chi connectivity index (χ1v) is 5.95. The second-order valence-corrected chi connectivity index (χ2v) is 5.50. The zero-order chi connectivity index (χ0) is 11.5. The van der Waals surface area contributed by atoms with Crippen molar-refractivity contribution in [1.82, 2.24) is 0 Å². The van der Waals surface area contributed by atoms with Crippen LogP contribution in [0.2, 0.25) is 0 Å². The third-order valence-electron chi connectivity index (χ3n) is 4.41. The Morgan fingerprint density at radius 2 is 2.31 bits per heavy atom. The van der Waals surface area contributed by atoms with E-state index in [4.69, 9.17) is 9.47 Å². The normalized spacial score (nSPS) is 48.2. The van der Waals surface area contributed by atoms with Crippen LogP contribution in [0, 0.1) is 17.3 Å². The van der Waals surface area contributed by atoms with Crippen LogP contribution < -0.4 is 0 Å². The van der Waals surface area contributed by atoms with Crippen molar-refractivity contribution in [1.29, 1.82) is 0 Å². The first-order chi connectivity index (χ1) is 7.55. The molecule has 88 valence electrons. The average Bonchev–Trinajstić information content (AvgIpc) is 2.78. The number of fused-ring (bicyclic) bond motifs is 1. The molecule has 0 aromatic carbocycles. The monoisotopic (exact) mass is 224 g/mol. The van der Waals surface area contributed by atoms with Gasteiger partial charge in [0.05, 0.1) is 5.92 Å². The van der Waals surface area contributed by atoms with E-state index < -0.39 is 0 Å². The third-order valence-corrected chi connectivity index (χ3v) is 4.41. The molecule has 2 saturated carbocycles. The van der Waals surface area contributed by atoms with E-state index in [1.807, 2.05) is 0 Å². The Morgan fingerprint density at radius 1 is 1.56 bits per heavy atom. The van der Waals surface area contributed by atoms with Crippen molar-refractivity contribution >= 4 is 11.9 Å². The number of carbonyl (C=O) groups excluding carboxylic acids is 2. The van der Waals surface area contributed by atoms with Crippen LogP contribution in [-0.2, 0) is 19.1 Å². The molecule has 5 atom stereocenters. The minimum atomic E-state index is -0.215. The van der Waals surface area contributed by atoms with Crippen molar-refractivity contribution in [2.45, 2.75) is 45.3 Å². The Balaban J connectivity index is 1.86. The van der Waals surface area contributed by atoms with Crippen molar-refractivity contribution in [3.63, 3.8) is 0 Å². The topological polar surface area (TPSA) is 52.6 Å². The summed E-state index contributed by atoms with van der Waals surface area (Å²) in [6.45, 7) is 3.89. The van der Waals surface area contributed by atoms with Gasteiger partial charge in [-0.3, -0.25) is 9.59 Å². The average molecular weight is 224 g/mol. The quantitative estimate of drug-likeness (QED) is 0.663. The zero-order valence-corrected chi connectivity index (χ0v) is 9.56. The molecule has 0 aromatic rings. The smallest absolute Gasteiger partial charge is 0.309 e. The lowest BCUT2D eigenvalue weighted by Crippen LogP contribution is -2.41. The summed E-state index contributed by atoms with van der Waals surface area (Å²) >= 11 is 0. The highest BCUT2D eigenvalue weighted by Gasteiger charge is 2.68. The Labute approximate surface area is 94.3 Å².